The number of carbonyl (C=O) groups excluding carboxylic acids is 1. The maximum absolute atomic E-state index is 11.9. The lowest BCUT2D eigenvalue weighted by Crippen LogP contribution is -2.46. The molecule has 2 saturated heterocycles. The van der Waals surface area contributed by atoms with Crippen molar-refractivity contribution >= 4 is 5.91 Å². The fourth-order valence-electron chi connectivity index (χ4n) is 2.95. The molecule has 4 nitrogen and oxygen atoms in total. The van der Waals surface area contributed by atoms with Crippen LogP contribution in [0.2, 0.25) is 0 Å². The third kappa shape index (κ3) is 4.25. The van der Waals surface area contributed by atoms with Crippen molar-refractivity contribution in [1.82, 2.24) is 10.6 Å². The molecule has 4 unspecified atom stereocenters. The Kier molecular flexibility index (Phi) is 5.01. The topological polar surface area (TPSA) is 50.4 Å². The van der Waals surface area contributed by atoms with E-state index in [-0.39, 0.29) is 5.91 Å². The number of nitrogens with one attached hydrogen (secondary N) is 2. The first-order chi connectivity index (χ1) is 8.63. The van der Waals surface area contributed by atoms with E-state index in [1.54, 1.807) is 0 Å². The highest BCUT2D eigenvalue weighted by atomic mass is 16.5. The van der Waals surface area contributed by atoms with Gasteiger partial charge in [0.2, 0.25) is 5.91 Å². The first-order valence-corrected chi connectivity index (χ1v) is 7.31. The molecule has 2 rings (SSSR count). The van der Waals surface area contributed by atoms with Crippen LogP contribution >= 0.6 is 0 Å². The minimum absolute atomic E-state index is 0.192. The van der Waals surface area contributed by atoms with Crippen LogP contribution in [-0.4, -0.2) is 36.7 Å². The standard InChI is InChI=1S/C14H26N2O2/c1-10-9-12(7-8-15-10)16-14(17)6-5-13-4-3-11(2)18-13/h10-13,15H,3-9H2,1-2H3,(H,16,17). The minimum Gasteiger partial charge on any atom is -0.375 e. The molecule has 2 heterocycles. The molecule has 0 radical (unpaired) electrons. The van der Waals surface area contributed by atoms with Crippen LogP contribution in [0.15, 0.2) is 0 Å². The summed E-state index contributed by atoms with van der Waals surface area (Å²) in [5, 5.41) is 6.55. The maximum Gasteiger partial charge on any atom is 0.220 e. The van der Waals surface area contributed by atoms with E-state index in [9.17, 15) is 4.79 Å². The first-order valence-electron chi connectivity index (χ1n) is 7.31. The van der Waals surface area contributed by atoms with Crippen molar-refractivity contribution in [3.05, 3.63) is 0 Å². The molecule has 2 fully saturated rings. The van der Waals surface area contributed by atoms with Crippen molar-refractivity contribution in [3.8, 4) is 0 Å². The van der Waals surface area contributed by atoms with Crippen molar-refractivity contribution in [2.75, 3.05) is 6.54 Å². The van der Waals surface area contributed by atoms with Crippen molar-refractivity contribution in [2.24, 2.45) is 0 Å². The Balaban J connectivity index is 1.62. The number of hydrogen-bond acceptors (Lipinski definition) is 3. The highest BCUT2D eigenvalue weighted by Crippen LogP contribution is 2.22. The second kappa shape index (κ2) is 6.53. The van der Waals surface area contributed by atoms with Gasteiger partial charge in [-0.25, -0.2) is 0 Å². The smallest absolute Gasteiger partial charge is 0.220 e. The predicted octanol–water partition coefficient (Wildman–Crippen LogP) is 1.59. The minimum atomic E-state index is 0.192. The number of piperidine rings is 1. The van der Waals surface area contributed by atoms with Crippen molar-refractivity contribution in [2.45, 2.75) is 76.7 Å². The highest BCUT2D eigenvalue weighted by Gasteiger charge is 2.23. The van der Waals surface area contributed by atoms with Gasteiger partial charge in [-0.2, -0.15) is 0 Å². The van der Waals surface area contributed by atoms with E-state index in [1.165, 1.54) is 0 Å². The normalized spacial score (nSPS) is 36.6. The van der Waals surface area contributed by atoms with Crippen LogP contribution in [0.4, 0.5) is 0 Å². The molecular formula is C14H26N2O2. The van der Waals surface area contributed by atoms with E-state index in [0.29, 0.717) is 30.7 Å². The molecule has 0 spiro atoms. The average Bonchev–Trinajstić information content (AvgIpc) is 2.73. The monoisotopic (exact) mass is 254 g/mol. The quantitative estimate of drug-likeness (QED) is 0.801. The molecule has 4 heteroatoms. The number of amides is 1. The summed E-state index contributed by atoms with van der Waals surface area (Å²) in [5.74, 6) is 0.192. The fraction of sp³-hybridized carbons (Fsp3) is 0.929. The van der Waals surface area contributed by atoms with Gasteiger partial charge in [0.25, 0.3) is 0 Å². The predicted molar refractivity (Wildman–Crippen MR) is 71.4 cm³/mol. The fourth-order valence-corrected chi connectivity index (χ4v) is 2.95. The lowest BCUT2D eigenvalue weighted by Gasteiger charge is -2.28. The Hall–Kier alpha value is -0.610. The summed E-state index contributed by atoms with van der Waals surface area (Å²) < 4.78 is 5.73. The molecule has 4 atom stereocenters. The Bertz CT molecular complexity index is 283. The molecule has 0 bridgehead atoms. The van der Waals surface area contributed by atoms with Gasteiger partial charge in [-0.15, -0.1) is 0 Å². The van der Waals surface area contributed by atoms with Crippen LogP contribution in [0, 0.1) is 0 Å². The van der Waals surface area contributed by atoms with Gasteiger partial charge in [0.15, 0.2) is 0 Å². The zero-order valence-corrected chi connectivity index (χ0v) is 11.6. The molecule has 1 amide bonds. The number of rotatable bonds is 4. The zero-order chi connectivity index (χ0) is 13.0. The van der Waals surface area contributed by atoms with E-state index in [0.717, 1.165) is 38.6 Å². The summed E-state index contributed by atoms with van der Waals surface area (Å²) in [4.78, 5) is 11.9. The number of carbonyl (C=O) groups is 1. The molecule has 104 valence electrons. The molecule has 0 aromatic carbocycles. The second-order valence-corrected chi connectivity index (χ2v) is 5.83. The van der Waals surface area contributed by atoms with E-state index < -0.39 is 0 Å². The van der Waals surface area contributed by atoms with Crippen LogP contribution in [0.25, 0.3) is 0 Å². The summed E-state index contributed by atoms with van der Waals surface area (Å²) in [6, 6.07) is 0.875. The first kappa shape index (κ1) is 13.8. The number of ether oxygens (including phenoxy) is 1. The van der Waals surface area contributed by atoms with Gasteiger partial charge in [0.05, 0.1) is 12.2 Å². The lowest BCUT2D eigenvalue weighted by atomic mass is 10.0. The van der Waals surface area contributed by atoms with Gasteiger partial charge in [-0.3, -0.25) is 4.79 Å². The molecule has 0 saturated carbocycles. The Morgan fingerprint density at radius 1 is 1.33 bits per heavy atom. The van der Waals surface area contributed by atoms with E-state index >= 15 is 0 Å². The Morgan fingerprint density at radius 2 is 2.17 bits per heavy atom. The zero-order valence-electron chi connectivity index (χ0n) is 11.6. The van der Waals surface area contributed by atoms with Gasteiger partial charge in [-0.1, -0.05) is 0 Å². The highest BCUT2D eigenvalue weighted by molar-refractivity contribution is 5.76. The largest absolute Gasteiger partial charge is 0.375 e. The van der Waals surface area contributed by atoms with E-state index in [4.69, 9.17) is 4.74 Å². The molecule has 18 heavy (non-hydrogen) atoms. The third-order valence-corrected chi connectivity index (χ3v) is 4.00. The Labute approximate surface area is 110 Å². The molecule has 2 N–H and O–H groups in total. The van der Waals surface area contributed by atoms with Gasteiger partial charge in [0.1, 0.15) is 0 Å². The average molecular weight is 254 g/mol. The molecule has 2 aliphatic rings. The van der Waals surface area contributed by atoms with Gasteiger partial charge < -0.3 is 15.4 Å². The molecule has 0 aromatic heterocycles. The summed E-state index contributed by atoms with van der Waals surface area (Å²) in [6.07, 6.45) is 6.50. The van der Waals surface area contributed by atoms with Crippen LogP contribution < -0.4 is 10.6 Å². The molecular weight excluding hydrogens is 228 g/mol. The second-order valence-electron chi connectivity index (χ2n) is 5.83. The maximum atomic E-state index is 11.9. The van der Waals surface area contributed by atoms with Gasteiger partial charge in [-0.05, 0) is 52.5 Å². The molecule has 0 aliphatic carbocycles. The summed E-state index contributed by atoms with van der Waals surface area (Å²) in [5.41, 5.74) is 0. The molecule has 0 aromatic rings. The van der Waals surface area contributed by atoms with Crippen molar-refractivity contribution in [1.29, 1.82) is 0 Å². The molecule has 2 aliphatic heterocycles. The van der Waals surface area contributed by atoms with E-state index in [1.807, 2.05) is 0 Å². The van der Waals surface area contributed by atoms with Crippen LogP contribution in [-0.2, 0) is 9.53 Å². The summed E-state index contributed by atoms with van der Waals surface area (Å²) in [7, 11) is 0. The summed E-state index contributed by atoms with van der Waals surface area (Å²) >= 11 is 0. The lowest BCUT2D eigenvalue weighted by molar-refractivity contribution is -0.122. The number of hydrogen-bond donors (Lipinski definition) is 2. The third-order valence-electron chi connectivity index (χ3n) is 4.00. The van der Waals surface area contributed by atoms with Gasteiger partial charge in [0, 0.05) is 18.5 Å². The van der Waals surface area contributed by atoms with Crippen molar-refractivity contribution < 1.29 is 9.53 Å². The van der Waals surface area contributed by atoms with Crippen LogP contribution in [0.5, 0.6) is 0 Å². The van der Waals surface area contributed by atoms with Gasteiger partial charge >= 0.3 is 0 Å². The Morgan fingerprint density at radius 3 is 2.83 bits per heavy atom. The van der Waals surface area contributed by atoms with Crippen LogP contribution in [0.3, 0.4) is 0 Å². The summed E-state index contributed by atoms with van der Waals surface area (Å²) in [6.45, 7) is 5.29. The SMILES string of the molecule is CC1CC(NC(=O)CCC2CCC(C)O2)CCN1. The van der Waals surface area contributed by atoms with E-state index in [2.05, 4.69) is 24.5 Å². The van der Waals surface area contributed by atoms with Crippen LogP contribution in [0.1, 0.15) is 52.4 Å². The van der Waals surface area contributed by atoms with Crippen molar-refractivity contribution in [3.63, 3.8) is 0 Å².